The van der Waals surface area contributed by atoms with Crippen molar-refractivity contribution in [2.45, 2.75) is 18.9 Å². The summed E-state index contributed by atoms with van der Waals surface area (Å²) in [6.07, 6.45) is 0.330. The molecule has 1 aromatic carbocycles. The summed E-state index contributed by atoms with van der Waals surface area (Å²) in [7, 11) is -3.03. The minimum absolute atomic E-state index is 0.0281. The summed E-state index contributed by atoms with van der Waals surface area (Å²) < 4.78 is 36.7. The highest BCUT2D eigenvalue weighted by Gasteiger charge is 2.28. The third-order valence-electron chi connectivity index (χ3n) is 2.96. The Morgan fingerprint density at radius 2 is 2.21 bits per heavy atom. The van der Waals surface area contributed by atoms with Crippen LogP contribution in [0.25, 0.3) is 0 Å². The van der Waals surface area contributed by atoms with E-state index in [1.807, 2.05) is 0 Å². The maximum absolute atomic E-state index is 13.5. The lowest BCUT2D eigenvalue weighted by molar-refractivity contribution is -0.121. The molecule has 0 aliphatic carbocycles. The van der Waals surface area contributed by atoms with Gasteiger partial charge in [-0.2, -0.15) is 0 Å². The molecule has 1 aliphatic heterocycles. The van der Waals surface area contributed by atoms with E-state index in [2.05, 4.69) is 21.2 Å². The van der Waals surface area contributed by atoms with E-state index in [9.17, 15) is 17.6 Å². The highest BCUT2D eigenvalue weighted by atomic mass is 79.9. The van der Waals surface area contributed by atoms with Crippen molar-refractivity contribution in [1.82, 2.24) is 5.32 Å². The van der Waals surface area contributed by atoms with Crippen molar-refractivity contribution < 1.29 is 17.6 Å². The van der Waals surface area contributed by atoms with E-state index in [-0.39, 0.29) is 35.4 Å². The summed E-state index contributed by atoms with van der Waals surface area (Å²) in [4.78, 5) is 11.8. The van der Waals surface area contributed by atoms with Gasteiger partial charge in [-0.25, -0.2) is 12.8 Å². The van der Waals surface area contributed by atoms with Gasteiger partial charge in [0.1, 0.15) is 5.82 Å². The van der Waals surface area contributed by atoms with E-state index in [0.717, 1.165) is 0 Å². The van der Waals surface area contributed by atoms with Crippen LogP contribution < -0.4 is 5.32 Å². The van der Waals surface area contributed by atoms with Gasteiger partial charge in [0.2, 0.25) is 5.91 Å². The van der Waals surface area contributed by atoms with Crippen molar-refractivity contribution in [2.24, 2.45) is 0 Å². The average Bonchev–Trinajstić information content (AvgIpc) is 2.63. The number of amides is 1. The van der Waals surface area contributed by atoms with Gasteiger partial charge in [0.05, 0.1) is 17.9 Å². The van der Waals surface area contributed by atoms with Crippen LogP contribution in [0.4, 0.5) is 4.39 Å². The predicted octanol–water partition coefficient (Wildman–Crippen LogP) is 1.43. The Bertz CT molecular complexity index is 603. The van der Waals surface area contributed by atoms with Gasteiger partial charge in [0.25, 0.3) is 0 Å². The van der Waals surface area contributed by atoms with Crippen LogP contribution in [0.2, 0.25) is 0 Å². The minimum atomic E-state index is -3.03. The van der Waals surface area contributed by atoms with Crippen LogP contribution in [0.15, 0.2) is 22.7 Å². The van der Waals surface area contributed by atoms with Crippen LogP contribution in [-0.4, -0.2) is 31.9 Å². The fraction of sp³-hybridized carbons (Fsp3) is 0.417. The molecule has 1 amide bonds. The number of sulfone groups is 1. The number of hydrogen-bond donors (Lipinski definition) is 1. The number of nitrogens with one attached hydrogen (secondary N) is 1. The Hall–Kier alpha value is -0.950. The zero-order valence-corrected chi connectivity index (χ0v) is 12.4. The van der Waals surface area contributed by atoms with Crippen molar-refractivity contribution in [3.8, 4) is 0 Å². The molecule has 1 aromatic rings. The summed E-state index contributed by atoms with van der Waals surface area (Å²) in [6.45, 7) is 0. The Kier molecular flexibility index (Phi) is 4.25. The molecule has 7 heteroatoms. The molecule has 1 unspecified atom stereocenters. The smallest absolute Gasteiger partial charge is 0.224 e. The van der Waals surface area contributed by atoms with Crippen molar-refractivity contribution in [3.05, 3.63) is 34.1 Å². The third kappa shape index (κ3) is 4.01. The number of hydrogen-bond acceptors (Lipinski definition) is 3. The van der Waals surface area contributed by atoms with Gasteiger partial charge in [-0.1, -0.05) is 15.9 Å². The van der Waals surface area contributed by atoms with Crippen molar-refractivity contribution >= 4 is 31.7 Å². The second-order valence-corrected chi connectivity index (χ2v) is 7.72. The summed E-state index contributed by atoms with van der Waals surface area (Å²) in [5, 5.41) is 2.63. The molecule has 1 aliphatic rings. The van der Waals surface area contributed by atoms with E-state index in [0.29, 0.717) is 10.9 Å². The van der Waals surface area contributed by atoms with E-state index in [1.54, 1.807) is 12.1 Å². The molecule has 2 rings (SSSR count). The number of halogens is 2. The molecular formula is C12H13BrFNO3S. The summed E-state index contributed by atoms with van der Waals surface area (Å²) in [6, 6.07) is 4.03. The monoisotopic (exact) mass is 349 g/mol. The molecule has 0 aromatic heterocycles. The number of carbonyl (C=O) groups excluding carboxylic acids is 1. The number of benzene rings is 1. The number of rotatable bonds is 3. The first-order chi connectivity index (χ1) is 8.85. The Labute approximate surface area is 119 Å². The van der Waals surface area contributed by atoms with Crippen LogP contribution in [0.5, 0.6) is 0 Å². The fourth-order valence-electron chi connectivity index (χ4n) is 2.04. The topological polar surface area (TPSA) is 63.2 Å². The summed E-state index contributed by atoms with van der Waals surface area (Å²) >= 11 is 3.21. The van der Waals surface area contributed by atoms with Gasteiger partial charge >= 0.3 is 0 Å². The molecule has 1 fully saturated rings. The van der Waals surface area contributed by atoms with E-state index in [1.165, 1.54) is 6.07 Å². The Morgan fingerprint density at radius 3 is 2.84 bits per heavy atom. The SMILES string of the molecule is O=C(Cc1cc(Br)ccc1F)NC1CCS(=O)(=O)C1. The van der Waals surface area contributed by atoms with E-state index < -0.39 is 15.7 Å². The van der Waals surface area contributed by atoms with Crippen LogP contribution in [0.3, 0.4) is 0 Å². The number of carbonyl (C=O) groups is 1. The second kappa shape index (κ2) is 5.58. The Morgan fingerprint density at radius 1 is 1.47 bits per heavy atom. The van der Waals surface area contributed by atoms with Gasteiger partial charge in [-0.05, 0) is 30.2 Å². The van der Waals surface area contributed by atoms with Gasteiger partial charge < -0.3 is 5.32 Å². The predicted molar refractivity (Wildman–Crippen MR) is 73.0 cm³/mol. The van der Waals surface area contributed by atoms with Gasteiger partial charge in [-0.3, -0.25) is 4.79 Å². The largest absolute Gasteiger partial charge is 0.352 e. The molecule has 1 heterocycles. The molecular weight excluding hydrogens is 337 g/mol. The van der Waals surface area contributed by atoms with E-state index in [4.69, 9.17) is 0 Å². The lowest BCUT2D eigenvalue weighted by atomic mass is 10.1. The molecule has 0 radical (unpaired) electrons. The quantitative estimate of drug-likeness (QED) is 0.897. The Balaban J connectivity index is 1.97. The van der Waals surface area contributed by atoms with Crippen molar-refractivity contribution in [1.29, 1.82) is 0 Å². The summed E-state index contributed by atoms with van der Waals surface area (Å²) in [5.74, 6) is -0.736. The highest BCUT2D eigenvalue weighted by molar-refractivity contribution is 9.10. The van der Waals surface area contributed by atoms with E-state index >= 15 is 0 Å². The van der Waals surface area contributed by atoms with Crippen molar-refractivity contribution in [2.75, 3.05) is 11.5 Å². The molecule has 19 heavy (non-hydrogen) atoms. The zero-order chi connectivity index (χ0) is 14.0. The standard InChI is InChI=1S/C12H13BrFNO3S/c13-9-1-2-11(14)8(5-9)6-12(16)15-10-3-4-19(17,18)7-10/h1-2,5,10H,3-4,6-7H2,(H,15,16). The molecule has 1 atom stereocenters. The molecule has 0 bridgehead atoms. The van der Waals surface area contributed by atoms with Crippen LogP contribution in [-0.2, 0) is 21.1 Å². The average molecular weight is 350 g/mol. The van der Waals surface area contributed by atoms with Gasteiger partial charge in [-0.15, -0.1) is 0 Å². The third-order valence-corrected chi connectivity index (χ3v) is 5.22. The summed E-state index contributed by atoms with van der Waals surface area (Å²) in [5.41, 5.74) is 0.285. The van der Waals surface area contributed by atoms with Crippen LogP contribution >= 0.6 is 15.9 Å². The maximum atomic E-state index is 13.5. The molecule has 0 saturated carbocycles. The first-order valence-corrected chi connectivity index (χ1v) is 8.41. The first-order valence-electron chi connectivity index (χ1n) is 5.79. The van der Waals surface area contributed by atoms with Crippen LogP contribution in [0.1, 0.15) is 12.0 Å². The zero-order valence-electron chi connectivity index (χ0n) is 10.0. The normalized spacial score (nSPS) is 21.3. The molecule has 0 spiro atoms. The fourth-order valence-corrected chi connectivity index (χ4v) is 4.12. The lowest BCUT2D eigenvalue weighted by Crippen LogP contribution is -2.36. The molecule has 1 N–H and O–H groups in total. The van der Waals surface area contributed by atoms with Crippen molar-refractivity contribution in [3.63, 3.8) is 0 Å². The molecule has 104 valence electrons. The highest BCUT2D eigenvalue weighted by Crippen LogP contribution is 2.16. The second-order valence-electron chi connectivity index (χ2n) is 4.58. The first kappa shape index (κ1) is 14.5. The maximum Gasteiger partial charge on any atom is 0.224 e. The van der Waals surface area contributed by atoms with Gasteiger partial charge in [0.15, 0.2) is 9.84 Å². The van der Waals surface area contributed by atoms with Gasteiger partial charge in [0, 0.05) is 10.5 Å². The van der Waals surface area contributed by atoms with Crippen LogP contribution in [0, 0.1) is 5.82 Å². The molecule has 1 saturated heterocycles. The molecule has 4 nitrogen and oxygen atoms in total. The minimum Gasteiger partial charge on any atom is -0.352 e. The lowest BCUT2D eigenvalue weighted by Gasteiger charge is -2.11.